The van der Waals surface area contributed by atoms with E-state index in [9.17, 15) is 4.79 Å². The quantitative estimate of drug-likeness (QED) is 0.372. The van der Waals surface area contributed by atoms with Crippen LogP contribution in [0.3, 0.4) is 0 Å². The fraction of sp³-hybridized carbons (Fsp3) is 0. The first-order valence-corrected chi connectivity index (χ1v) is 5.60. The van der Waals surface area contributed by atoms with Crippen molar-refractivity contribution in [3.63, 3.8) is 0 Å². The fourth-order valence-electron chi connectivity index (χ4n) is 0.805. The Bertz CT molecular complexity index is 384. The summed E-state index contributed by atoms with van der Waals surface area (Å²) in [5.74, 6) is -1.07. The summed E-state index contributed by atoms with van der Waals surface area (Å²) in [6, 6.07) is 4.32. The van der Waals surface area contributed by atoms with Gasteiger partial charge in [0.25, 0.3) is 0 Å². The molecule has 0 unspecified atom stereocenters. The monoisotopic (exact) mass is 248 g/mol. The van der Waals surface area contributed by atoms with Crippen LogP contribution in [-0.4, -0.2) is 11.1 Å². The number of nitrogens with zero attached hydrogens (tertiary/aromatic N) is 2. The molecule has 0 aromatic heterocycles. The Labute approximate surface area is 94.3 Å². The van der Waals surface area contributed by atoms with E-state index in [4.69, 9.17) is 16.7 Å². The molecule has 1 aromatic carbocycles. The number of carboxylic acids is 1. The van der Waals surface area contributed by atoms with Crippen molar-refractivity contribution in [2.45, 2.75) is 0 Å². The van der Waals surface area contributed by atoms with E-state index in [2.05, 4.69) is 21.3 Å². The van der Waals surface area contributed by atoms with Gasteiger partial charge < -0.3 is 5.11 Å². The molecule has 0 spiro atoms. The van der Waals surface area contributed by atoms with Crippen molar-refractivity contribution in [1.82, 2.24) is 0 Å². The average molecular weight is 249 g/mol. The van der Waals surface area contributed by atoms with Crippen molar-refractivity contribution >= 4 is 45.9 Å². The van der Waals surface area contributed by atoms with Crippen LogP contribution in [0.15, 0.2) is 27.8 Å². The Morgan fingerprint density at radius 2 is 2.29 bits per heavy atom. The lowest BCUT2D eigenvalue weighted by Crippen LogP contribution is -1.96. The van der Waals surface area contributed by atoms with Gasteiger partial charge in [-0.3, -0.25) is 0 Å². The molecule has 7 heteroatoms. The smallest absolute Gasteiger partial charge is 0.337 e. The van der Waals surface area contributed by atoms with Crippen LogP contribution in [-0.2, 0) is 0 Å². The van der Waals surface area contributed by atoms with Gasteiger partial charge in [-0.15, -0.1) is 9.63 Å². The highest BCUT2D eigenvalue weighted by atomic mass is 35.5. The topological polar surface area (TPSA) is 62.0 Å². The Balaban J connectivity index is 3.00. The lowest BCUT2D eigenvalue weighted by molar-refractivity contribution is 0.0697. The summed E-state index contributed by atoms with van der Waals surface area (Å²) in [6.07, 6.45) is 0. The van der Waals surface area contributed by atoms with Gasteiger partial charge >= 0.3 is 5.97 Å². The van der Waals surface area contributed by atoms with Crippen molar-refractivity contribution in [1.29, 1.82) is 0 Å². The highest BCUT2D eigenvalue weighted by Gasteiger charge is 2.08. The Morgan fingerprint density at radius 1 is 1.57 bits per heavy atom. The van der Waals surface area contributed by atoms with Gasteiger partial charge in [0.05, 0.1) is 27.3 Å². The number of rotatable bonds is 3. The molecule has 0 bridgehead atoms. The molecule has 0 fully saturated rings. The molecule has 0 amide bonds. The minimum Gasteiger partial charge on any atom is -0.478 e. The van der Waals surface area contributed by atoms with E-state index in [1.807, 2.05) is 0 Å². The number of hydrogen-bond acceptors (Lipinski definition) is 5. The molecule has 0 atom stereocenters. The standard InChI is InChI=1S/C7H5ClN2O2S2/c8-6-3-4(9-10-14-13)1-2-5(6)7(11)12/h1-3,13H,(H,11,12). The van der Waals surface area contributed by atoms with E-state index < -0.39 is 5.97 Å². The predicted octanol–water partition coefficient (Wildman–Crippen LogP) is 3.61. The van der Waals surface area contributed by atoms with Crippen LogP contribution in [0, 0.1) is 0 Å². The highest BCUT2D eigenvalue weighted by molar-refractivity contribution is 8.68. The van der Waals surface area contributed by atoms with E-state index in [0.717, 1.165) is 11.0 Å². The summed E-state index contributed by atoms with van der Waals surface area (Å²) in [7, 11) is 0.906. The van der Waals surface area contributed by atoms with Gasteiger partial charge in [-0.2, -0.15) is 0 Å². The van der Waals surface area contributed by atoms with Gasteiger partial charge in [0.2, 0.25) is 0 Å². The van der Waals surface area contributed by atoms with Gasteiger partial charge in [-0.1, -0.05) is 23.3 Å². The Kier molecular flexibility index (Phi) is 4.24. The lowest BCUT2D eigenvalue weighted by atomic mass is 10.2. The Morgan fingerprint density at radius 3 is 2.79 bits per heavy atom. The van der Waals surface area contributed by atoms with Gasteiger partial charge in [0.1, 0.15) is 0 Å². The molecule has 1 N–H and O–H groups in total. The van der Waals surface area contributed by atoms with Crippen molar-refractivity contribution in [2.75, 3.05) is 0 Å². The first kappa shape index (κ1) is 11.4. The van der Waals surface area contributed by atoms with Gasteiger partial charge in [0, 0.05) is 0 Å². The van der Waals surface area contributed by atoms with Crippen LogP contribution in [0.4, 0.5) is 5.69 Å². The van der Waals surface area contributed by atoms with Crippen LogP contribution in [0.2, 0.25) is 5.02 Å². The molecule has 0 aliphatic carbocycles. The molecule has 1 aromatic rings. The zero-order chi connectivity index (χ0) is 10.6. The van der Waals surface area contributed by atoms with Crippen molar-refractivity contribution in [3.05, 3.63) is 28.8 Å². The van der Waals surface area contributed by atoms with Crippen LogP contribution < -0.4 is 0 Å². The fourth-order valence-corrected chi connectivity index (χ4v) is 1.30. The van der Waals surface area contributed by atoms with Crippen molar-refractivity contribution < 1.29 is 9.90 Å². The third kappa shape index (κ3) is 2.90. The van der Waals surface area contributed by atoms with E-state index >= 15 is 0 Å². The largest absolute Gasteiger partial charge is 0.478 e. The van der Waals surface area contributed by atoms with Crippen molar-refractivity contribution in [2.24, 2.45) is 9.63 Å². The molecule has 0 saturated heterocycles. The number of aromatic carboxylic acids is 1. The molecule has 0 heterocycles. The maximum Gasteiger partial charge on any atom is 0.337 e. The summed E-state index contributed by atoms with van der Waals surface area (Å²) >= 11 is 9.45. The second-order valence-corrected chi connectivity index (χ2v) is 3.46. The van der Waals surface area contributed by atoms with Crippen LogP contribution in [0.5, 0.6) is 0 Å². The summed E-state index contributed by atoms with van der Waals surface area (Å²) in [6.45, 7) is 0. The minimum atomic E-state index is -1.07. The molecule has 74 valence electrons. The number of hydrogen-bond donors (Lipinski definition) is 2. The summed E-state index contributed by atoms with van der Waals surface area (Å²) in [4.78, 5) is 10.6. The normalized spacial score (nSPS) is 10.7. The molecule has 14 heavy (non-hydrogen) atoms. The van der Waals surface area contributed by atoms with Gasteiger partial charge in [0.15, 0.2) is 0 Å². The van der Waals surface area contributed by atoms with Crippen LogP contribution in [0.25, 0.3) is 0 Å². The van der Waals surface area contributed by atoms with Gasteiger partial charge in [-0.05, 0) is 18.2 Å². The molecule has 4 nitrogen and oxygen atoms in total. The second kappa shape index (κ2) is 5.23. The lowest BCUT2D eigenvalue weighted by Gasteiger charge is -1.98. The van der Waals surface area contributed by atoms with E-state index in [0.29, 0.717) is 5.69 Å². The third-order valence-electron chi connectivity index (χ3n) is 1.38. The molecule has 0 radical (unpaired) electrons. The predicted molar refractivity (Wildman–Crippen MR) is 59.5 cm³/mol. The first-order chi connectivity index (χ1) is 6.65. The number of benzene rings is 1. The van der Waals surface area contributed by atoms with Crippen molar-refractivity contribution in [3.8, 4) is 0 Å². The average Bonchev–Trinajstić information content (AvgIpc) is 2.14. The van der Waals surface area contributed by atoms with E-state index in [1.54, 1.807) is 0 Å². The minimum absolute atomic E-state index is 0.0455. The summed E-state index contributed by atoms with van der Waals surface area (Å²) < 4.78 is 3.56. The molecular weight excluding hydrogens is 244 g/mol. The molecule has 0 saturated carbocycles. The number of thiol groups is 1. The SMILES string of the molecule is O=C(O)c1ccc(N=NSS)cc1Cl. The maximum atomic E-state index is 10.6. The summed E-state index contributed by atoms with van der Waals surface area (Å²) in [5.41, 5.74) is 0.533. The molecular formula is C7H5ClN2O2S2. The van der Waals surface area contributed by atoms with E-state index in [-0.39, 0.29) is 10.6 Å². The van der Waals surface area contributed by atoms with Gasteiger partial charge in [-0.25, -0.2) is 4.79 Å². The second-order valence-electron chi connectivity index (χ2n) is 2.23. The zero-order valence-electron chi connectivity index (χ0n) is 6.72. The summed E-state index contributed by atoms with van der Waals surface area (Å²) in [5, 5.41) is 12.5. The molecule has 0 aliphatic heterocycles. The number of halogens is 1. The zero-order valence-corrected chi connectivity index (χ0v) is 9.18. The number of carbonyl (C=O) groups is 1. The first-order valence-electron chi connectivity index (χ1n) is 3.39. The number of carboxylic acid groups (broad SMARTS) is 1. The van der Waals surface area contributed by atoms with Crippen LogP contribution >= 0.6 is 34.2 Å². The van der Waals surface area contributed by atoms with E-state index in [1.165, 1.54) is 18.2 Å². The third-order valence-corrected chi connectivity index (χ3v) is 2.06. The highest BCUT2D eigenvalue weighted by Crippen LogP contribution is 2.24. The van der Waals surface area contributed by atoms with Crippen LogP contribution in [0.1, 0.15) is 10.4 Å². The molecule has 0 aliphatic rings. The maximum absolute atomic E-state index is 10.6. The Hall–Kier alpha value is -0.720. The molecule has 1 rings (SSSR count).